The monoisotopic (exact) mass is 321 g/mol. The third kappa shape index (κ3) is 15.1. The van der Waals surface area contributed by atoms with E-state index < -0.39 is 0 Å². The van der Waals surface area contributed by atoms with Crippen molar-refractivity contribution in [3.8, 4) is 0 Å². The summed E-state index contributed by atoms with van der Waals surface area (Å²) in [6.45, 7) is 0. The Morgan fingerprint density at radius 2 is 0.875 bits per heavy atom. The third-order valence-electron chi connectivity index (χ3n) is 3.90. The molecule has 0 amide bonds. The van der Waals surface area contributed by atoms with Gasteiger partial charge in [-0.25, -0.2) is 0 Å². The van der Waals surface area contributed by atoms with Crippen molar-refractivity contribution in [1.29, 1.82) is 0 Å². The summed E-state index contributed by atoms with van der Waals surface area (Å²) in [4.78, 5) is 0. The molecule has 0 saturated carbocycles. The van der Waals surface area contributed by atoms with Crippen LogP contribution in [0.1, 0.15) is 64.2 Å². The zero-order valence-corrected chi connectivity index (χ0v) is 15.1. The highest BCUT2D eigenvalue weighted by molar-refractivity contribution is 5.20. The smallest absolute Gasteiger partial charge is 0.0276 e. The van der Waals surface area contributed by atoms with E-state index in [9.17, 15) is 0 Å². The number of rotatable bonds is 0. The largest absolute Gasteiger partial charge is 0.0845 e. The van der Waals surface area contributed by atoms with Crippen LogP contribution in [0.25, 0.3) is 0 Å². The van der Waals surface area contributed by atoms with Gasteiger partial charge in [0.05, 0.1) is 0 Å². The van der Waals surface area contributed by atoms with Crippen molar-refractivity contribution in [2.24, 2.45) is 0 Å². The van der Waals surface area contributed by atoms with Gasteiger partial charge in [-0.05, 0) is 31.8 Å². The van der Waals surface area contributed by atoms with E-state index in [-0.39, 0.29) is 0 Å². The summed E-state index contributed by atoms with van der Waals surface area (Å²) >= 11 is 0. The molecule has 0 spiro atoms. The Bertz CT molecular complexity index is 422. The van der Waals surface area contributed by atoms with Crippen LogP contribution in [0.4, 0.5) is 0 Å². The molecular formula is C24H33. The highest BCUT2D eigenvalue weighted by Crippen LogP contribution is 2.11. The van der Waals surface area contributed by atoms with Gasteiger partial charge in [0.1, 0.15) is 0 Å². The number of allylic oxidation sites excluding steroid dienone is 14. The zero-order chi connectivity index (χ0) is 17.0. The molecule has 1 aliphatic carbocycles. The van der Waals surface area contributed by atoms with E-state index in [2.05, 4.69) is 36.5 Å². The molecule has 0 aromatic rings. The second-order valence-corrected chi connectivity index (χ2v) is 6.09. The Kier molecular flexibility index (Phi) is 14.8. The summed E-state index contributed by atoms with van der Waals surface area (Å²) in [6, 6.07) is 0. The normalized spacial score (nSPS) is 28.7. The fourth-order valence-electron chi connectivity index (χ4n) is 2.51. The van der Waals surface area contributed by atoms with Crippen molar-refractivity contribution in [2.75, 3.05) is 0 Å². The first-order valence-corrected chi connectivity index (χ1v) is 9.55. The lowest BCUT2D eigenvalue weighted by atomic mass is 10.1. The van der Waals surface area contributed by atoms with E-state index in [1.807, 2.05) is 48.6 Å². The molecule has 0 heterocycles. The van der Waals surface area contributed by atoms with E-state index in [0.29, 0.717) is 0 Å². The van der Waals surface area contributed by atoms with Crippen LogP contribution < -0.4 is 0 Å². The second-order valence-electron chi connectivity index (χ2n) is 6.09. The van der Waals surface area contributed by atoms with Crippen molar-refractivity contribution in [1.82, 2.24) is 0 Å². The molecule has 0 unspecified atom stereocenters. The quantitative estimate of drug-likeness (QED) is 0.431. The third-order valence-corrected chi connectivity index (χ3v) is 3.90. The molecule has 0 saturated heterocycles. The van der Waals surface area contributed by atoms with Crippen LogP contribution in [0.3, 0.4) is 0 Å². The van der Waals surface area contributed by atoms with Crippen molar-refractivity contribution in [3.05, 3.63) is 85.1 Å². The fourth-order valence-corrected chi connectivity index (χ4v) is 2.51. The van der Waals surface area contributed by atoms with Crippen molar-refractivity contribution in [2.45, 2.75) is 64.2 Å². The average molecular weight is 322 g/mol. The Morgan fingerprint density at radius 1 is 0.417 bits per heavy atom. The summed E-state index contributed by atoms with van der Waals surface area (Å²) in [5.41, 5.74) is 0. The summed E-state index contributed by atoms with van der Waals surface area (Å²) in [5.74, 6) is 0. The molecule has 0 heteroatoms. The molecule has 0 atom stereocenters. The van der Waals surface area contributed by atoms with Crippen molar-refractivity contribution >= 4 is 0 Å². The van der Waals surface area contributed by atoms with Crippen LogP contribution in [0, 0.1) is 6.08 Å². The molecule has 0 aromatic heterocycles. The Labute approximate surface area is 149 Å². The number of hydrogen-bond acceptors (Lipinski definition) is 0. The first-order chi connectivity index (χ1) is 12.0. The van der Waals surface area contributed by atoms with Crippen LogP contribution in [0.5, 0.6) is 0 Å². The van der Waals surface area contributed by atoms with Gasteiger partial charge in [-0.15, -0.1) is 0 Å². The van der Waals surface area contributed by atoms with E-state index in [1.165, 1.54) is 57.8 Å². The summed E-state index contributed by atoms with van der Waals surface area (Å²) in [7, 11) is 0. The van der Waals surface area contributed by atoms with E-state index in [1.54, 1.807) is 0 Å². The maximum absolute atomic E-state index is 3.35. The molecule has 24 heavy (non-hydrogen) atoms. The maximum Gasteiger partial charge on any atom is -0.0276 e. The van der Waals surface area contributed by atoms with Gasteiger partial charge in [-0.3, -0.25) is 0 Å². The number of hydrogen-bond donors (Lipinski definition) is 0. The standard InChI is InChI=1S/C24H33/c1-2-4-6-8-10-12-14-16-18-20-22-24-23-21-19-17-15-13-11-9-7-5-3-1/h1-13H,14,16-24H2/b3-1+,4-2+,7-5+,8-6+,11-9-,12-10-,15-13?. The molecule has 0 bridgehead atoms. The lowest BCUT2D eigenvalue weighted by Crippen LogP contribution is -1.81. The Balaban J connectivity index is 2.37. The van der Waals surface area contributed by atoms with E-state index >= 15 is 0 Å². The van der Waals surface area contributed by atoms with Crippen LogP contribution >= 0.6 is 0 Å². The molecule has 1 radical (unpaired) electrons. The lowest BCUT2D eigenvalue weighted by molar-refractivity contribution is 0.570. The summed E-state index contributed by atoms with van der Waals surface area (Å²) in [5, 5.41) is 0. The molecule has 1 rings (SSSR count). The molecule has 129 valence electrons. The fraction of sp³-hybridized carbons (Fsp3) is 0.417. The van der Waals surface area contributed by atoms with Gasteiger partial charge in [-0.1, -0.05) is 118 Å². The van der Waals surface area contributed by atoms with E-state index in [4.69, 9.17) is 0 Å². The lowest BCUT2D eigenvalue weighted by Gasteiger charge is -2.00. The van der Waals surface area contributed by atoms with Gasteiger partial charge in [0, 0.05) is 0 Å². The average Bonchev–Trinajstić information content (AvgIpc) is 2.59. The van der Waals surface area contributed by atoms with Crippen LogP contribution in [0.15, 0.2) is 79.0 Å². The molecular weight excluding hydrogens is 288 g/mol. The predicted molar refractivity (Wildman–Crippen MR) is 109 cm³/mol. The molecule has 0 N–H and O–H groups in total. The second kappa shape index (κ2) is 17.5. The van der Waals surface area contributed by atoms with Gasteiger partial charge in [0.2, 0.25) is 0 Å². The highest BCUT2D eigenvalue weighted by Gasteiger charge is 1.91. The summed E-state index contributed by atoms with van der Waals surface area (Å²) in [6.07, 6.45) is 43.5. The topological polar surface area (TPSA) is 0 Å². The SMILES string of the molecule is [C]1=C/C=C\C=C\C=C\C=C\C=C\C=C/CCCCCCCCCC/1. The van der Waals surface area contributed by atoms with Crippen molar-refractivity contribution in [3.63, 3.8) is 0 Å². The van der Waals surface area contributed by atoms with Crippen LogP contribution in [0.2, 0.25) is 0 Å². The summed E-state index contributed by atoms with van der Waals surface area (Å²) < 4.78 is 0. The van der Waals surface area contributed by atoms with Crippen LogP contribution in [-0.2, 0) is 0 Å². The van der Waals surface area contributed by atoms with E-state index in [0.717, 1.165) is 6.42 Å². The molecule has 0 aliphatic heterocycles. The minimum absolute atomic E-state index is 1.08. The molecule has 0 fully saturated rings. The van der Waals surface area contributed by atoms with Gasteiger partial charge in [-0.2, -0.15) is 0 Å². The van der Waals surface area contributed by atoms with Gasteiger partial charge >= 0.3 is 0 Å². The molecule has 0 nitrogen and oxygen atoms in total. The maximum atomic E-state index is 3.35. The molecule has 1 aliphatic rings. The Morgan fingerprint density at radius 3 is 1.50 bits per heavy atom. The Hall–Kier alpha value is -1.82. The zero-order valence-electron chi connectivity index (χ0n) is 15.1. The minimum Gasteiger partial charge on any atom is -0.0845 e. The van der Waals surface area contributed by atoms with Gasteiger partial charge < -0.3 is 0 Å². The van der Waals surface area contributed by atoms with Crippen molar-refractivity contribution < 1.29 is 0 Å². The first-order valence-electron chi connectivity index (χ1n) is 9.55. The predicted octanol–water partition coefficient (Wildman–Crippen LogP) is 7.60. The first kappa shape index (κ1) is 20.2. The minimum atomic E-state index is 1.08. The van der Waals surface area contributed by atoms with Crippen LogP contribution in [-0.4, -0.2) is 0 Å². The van der Waals surface area contributed by atoms with Gasteiger partial charge in [0.15, 0.2) is 0 Å². The molecule has 0 aromatic carbocycles. The van der Waals surface area contributed by atoms with Gasteiger partial charge in [0.25, 0.3) is 0 Å². The highest BCUT2D eigenvalue weighted by atomic mass is 14.0.